The third-order valence-electron chi connectivity index (χ3n) is 3.12. The van der Waals surface area contributed by atoms with Gasteiger partial charge in [0.15, 0.2) is 0 Å². The Labute approximate surface area is 177 Å². The maximum Gasteiger partial charge on any atom is 2.00 e. The van der Waals surface area contributed by atoms with Crippen LogP contribution in [0.2, 0.25) is 10.0 Å². The minimum Gasteiger partial charge on any atom is -0.744 e. The predicted molar refractivity (Wildman–Crippen MR) is 97.1 cm³/mol. The zero-order valence-corrected chi connectivity index (χ0v) is 17.9. The monoisotopic (exact) mass is 498 g/mol. The second-order valence-corrected chi connectivity index (χ2v) is 8.70. The maximum atomic E-state index is 10.6. The van der Waals surface area contributed by atoms with E-state index in [0.29, 0.717) is 21.2 Å². The van der Waals surface area contributed by atoms with E-state index in [1.807, 2.05) is 0 Å². The topological polar surface area (TPSA) is 166 Å². The standard InChI is InChI=1S/2C7H8ClNO3S.Ni/c2*1-4-2-7(13(10,11)12)6(9)3-5(4)8;/h2*2-3H,9H2,1H3,(H,10,11,12);/q;;+2/p-2. The Morgan fingerprint density at radius 1 is 0.741 bits per heavy atom. The van der Waals surface area contributed by atoms with Crippen LogP contribution in [-0.2, 0) is 36.7 Å². The molecule has 0 aliphatic carbocycles. The van der Waals surface area contributed by atoms with Crippen molar-refractivity contribution in [2.75, 3.05) is 11.5 Å². The molecule has 8 nitrogen and oxygen atoms in total. The molecule has 0 aliphatic rings. The van der Waals surface area contributed by atoms with Gasteiger partial charge in [-0.1, -0.05) is 23.2 Å². The average molecular weight is 500 g/mol. The molecular formula is C14H14Cl2N2NiO6S2. The Morgan fingerprint density at radius 3 is 1.22 bits per heavy atom. The van der Waals surface area contributed by atoms with Crippen LogP contribution in [0.25, 0.3) is 0 Å². The van der Waals surface area contributed by atoms with Gasteiger partial charge in [0.2, 0.25) is 0 Å². The van der Waals surface area contributed by atoms with E-state index in [0.717, 1.165) is 0 Å². The molecule has 0 radical (unpaired) electrons. The van der Waals surface area contributed by atoms with Crippen molar-refractivity contribution < 1.29 is 42.4 Å². The summed E-state index contributed by atoms with van der Waals surface area (Å²) in [6.07, 6.45) is 0. The van der Waals surface area contributed by atoms with E-state index in [1.54, 1.807) is 13.8 Å². The molecule has 2 rings (SSSR count). The molecular weight excluding hydrogens is 486 g/mol. The molecule has 4 N–H and O–H groups in total. The molecule has 0 unspecified atom stereocenters. The molecule has 0 aliphatic heterocycles. The third kappa shape index (κ3) is 7.11. The van der Waals surface area contributed by atoms with Crippen LogP contribution in [0.3, 0.4) is 0 Å². The van der Waals surface area contributed by atoms with Gasteiger partial charge in [-0.05, 0) is 49.2 Å². The van der Waals surface area contributed by atoms with E-state index in [-0.39, 0.29) is 27.9 Å². The fourth-order valence-electron chi connectivity index (χ4n) is 1.77. The fraction of sp³-hybridized carbons (Fsp3) is 0.143. The number of hydrogen-bond acceptors (Lipinski definition) is 8. The van der Waals surface area contributed by atoms with Crippen molar-refractivity contribution in [1.82, 2.24) is 0 Å². The van der Waals surface area contributed by atoms with E-state index < -0.39 is 30.0 Å². The molecule has 0 spiro atoms. The summed E-state index contributed by atoms with van der Waals surface area (Å²) in [4.78, 5) is -0.844. The molecule has 0 saturated carbocycles. The van der Waals surface area contributed by atoms with Crippen LogP contribution in [0.15, 0.2) is 34.1 Å². The first-order chi connectivity index (χ1) is 11.6. The van der Waals surface area contributed by atoms with Crippen molar-refractivity contribution in [3.05, 3.63) is 45.4 Å². The van der Waals surface area contributed by atoms with Crippen LogP contribution >= 0.6 is 23.2 Å². The summed E-state index contributed by atoms with van der Waals surface area (Å²) in [5.74, 6) is 0. The predicted octanol–water partition coefficient (Wildman–Crippen LogP) is 2.27. The van der Waals surface area contributed by atoms with Gasteiger partial charge in [0.1, 0.15) is 20.2 Å². The second-order valence-electron chi connectivity index (χ2n) is 5.19. The summed E-state index contributed by atoms with van der Waals surface area (Å²) in [7, 11) is -9.01. The number of nitrogens with two attached hydrogens (primary N) is 2. The first kappa shape index (κ1) is 25.9. The first-order valence-electron chi connectivity index (χ1n) is 6.67. The van der Waals surface area contributed by atoms with Gasteiger partial charge >= 0.3 is 16.5 Å². The van der Waals surface area contributed by atoms with E-state index in [4.69, 9.17) is 34.7 Å². The van der Waals surface area contributed by atoms with Crippen LogP contribution in [0.4, 0.5) is 11.4 Å². The number of benzene rings is 2. The quantitative estimate of drug-likeness (QED) is 0.360. The summed E-state index contributed by atoms with van der Waals surface area (Å²) in [6.45, 7) is 3.19. The SMILES string of the molecule is Cc1cc(S(=O)(=O)[O-])c(N)cc1Cl.Cc1cc(S(=O)(=O)[O-])c(N)cc1Cl.[Ni+2]. The first-order valence-corrected chi connectivity index (χ1v) is 10.2. The largest absolute Gasteiger partial charge is 2.00 e. The van der Waals surface area contributed by atoms with Gasteiger partial charge in [-0.15, -0.1) is 0 Å². The zero-order valence-electron chi connectivity index (χ0n) is 13.8. The van der Waals surface area contributed by atoms with Gasteiger partial charge < -0.3 is 20.6 Å². The van der Waals surface area contributed by atoms with Gasteiger partial charge in [0.05, 0.1) is 21.2 Å². The summed E-state index contributed by atoms with van der Waals surface area (Å²) in [5, 5.41) is 0.676. The summed E-state index contributed by atoms with van der Waals surface area (Å²) >= 11 is 11.3. The minimum atomic E-state index is -4.51. The average Bonchev–Trinajstić information content (AvgIpc) is 2.45. The molecule has 2 aromatic carbocycles. The number of hydrogen-bond donors (Lipinski definition) is 2. The summed E-state index contributed by atoms with van der Waals surface area (Å²) in [6, 6.07) is 4.84. The van der Waals surface area contributed by atoms with Crippen LogP contribution in [0, 0.1) is 13.8 Å². The molecule has 152 valence electrons. The molecule has 0 heterocycles. The van der Waals surface area contributed by atoms with Crippen LogP contribution in [0.5, 0.6) is 0 Å². The van der Waals surface area contributed by atoms with Gasteiger partial charge in [-0.2, -0.15) is 0 Å². The molecule has 13 heteroatoms. The van der Waals surface area contributed by atoms with E-state index >= 15 is 0 Å². The molecule has 27 heavy (non-hydrogen) atoms. The zero-order chi connectivity index (χ0) is 20.4. The number of anilines is 2. The number of halogens is 2. The van der Waals surface area contributed by atoms with Crippen molar-refractivity contribution >= 4 is 54.8 Å². The van der Waals surface area contributed by atoms with Crippen LogP contribution < -0.4 is 11.5 Å². The summed E-state index contributed by atoms with van der Waals surface area (Å²) < 4.78 is 63.8. The molecule has 0 fully saturated rings. The van der Waals surface area contributed by atoms with E-state index in [1.165, 1.54) is 24.3 Å². The molecule has 0 saturated heterocycles. The Hall–Kier alpha value is -1.07. The number of rotatable bonds is 2. The Morgan fingerprint density at radius 2 is 1.00 bits per heavy atom. The normalized spacial score (nSPS) is 11.2. The molecule has 0 aromatic heterocycles. The molecule has 0 atom stereocenters. The van der Waals surface area contributed by atoms with Crippen molar-refractivity contribution in [3.8, 4) is 0 Å². The Bertz CT molecular complexity index is 974. The smallest absolute Gasteiger partial charge is 0.744 e. The van der Waals surface area contributed by atoms with E-state index in [9.17, 15) is 25.9 Å². The van der Waals surface area contributed by atoms with Gasteiger partial charge in [0.25, 0.3) is 0 Å². The molecule has 0 bridgehead atoms. The number of aryl methyl sites for hydroxylation is 2. The Kier molecular flexibility index (Phi) is 9.05. The maximum absolute atomic E-state index is 10.6. The van der Waals surface area contributed by atoms with Gasteiger partial charge in [0, 0.05) is 10.0 Å². The fourth-order valence-corrected chi connectivity index (χ4v) is 3.46. The third-order valence-corrected chi connectivity index (χ3v) is 5.72. The van der Waals surface area contributed by atoms with Crippen molar-refractivity contribution in [2.45, 2.75) is 23.6 Å². The van der Waals surface area contributed by atoms with Crippen molar-refractivity contribution in [2.24, 2.45) is 0 Å². The van der Waals surface area contributed by atoms with E-state index in [2.05, 4.69) is 0 Å². The van der Waals surface area contributed by atoms with Gasteiger partial charge in [-0.25, -0.2) is 16.8 Å². The van der Waals surface area contributed by atoms with Gasteiger partial charge in [-0.3, -0.25) is 0 Å². The molecule has 0 amide bonds. The second kappa shape index (κ2) is 9.42. The Balaban J connectivity index is 0.000000483. The van der Waals surface area contributed by atoms with Crippen LogP contribution in [-0.4, -0.2) is 25.9 Å². The summed E-state index contributed by atoms with van der Waals surface area (Å²) in [5.41, 5.74) is 11.4. The number of nitrogen functional groups attached to an aromatic ring is 2. The van der Waals surface area contributed by atoms with Crippen molar-refractivity contribution in [1.29, 1.82) is 0 Å². The molecule has 2 aromatic rings. The van der Waals surface area contributed by atoms with Crippen LogP contribution in [0.1, 0.15) is 11.1 Å². The van der Waals surface area contributed by atoms with Crippen molar-refractivity contribution in [3.63, 3.8) is 0 Å². The minimum absolute atomic E-state index is 0.